The first-order valence-electron chi connectivity index (χ1n) is 8.03. The monoisotopic (exact) mass is 336 g/mol. The normalized spacial score (nSPS) is 13.6. The standard InChI is InChI=1S/C18H16N4O3/c23-16(10-1-2-10)19-12-5-3-11(4-6-12)17(24)20-13-7-8-14-15(9-13)22-18(25)21-14/h3-10H,1-2H2,(H,19,23)(H,20,24)(H2,21,22,25). The maximum atomic E-state index is 12.3. The molecule has 1 aliphatic rings. The fraction of sp³-hybridized carbons (Fsp3) is 0.167. The van der Waals surface area contributed by atoms with Gasteiger partial charge in [-0.05, 0) is 55.3 Å². The summed E-state index contributed by atoms with van der Waals surface area (Å²) in [5, 5.41) is 5.62. The maximum absolute atomic E-state index is 12.3. The lowest BCUT2D eigenvalue weighted by molar-refractivity contribution is -0.117. The molecule has 1 aliphatic carbocycles. The fourth-order valence-corrected chi connectivity index (χ4v) is 2.61. The summed E-state index contributed by atoms with van der Waals surface area (Å²) < 4.78 is 0. The molecule has 1 fully saturated rings. The first-order valence-corrected chi connectivity index (χ1v) is 8.03. The van der Waals surface area contributed by atoms with Crippen LogP contribution in [0.3, 0.4) is 0 Å². The molecule has 1 heterocycles. The molecule has 25 heavy (non-hydrogen) atoms. The van der Waals surface area contributed by atoms with Gasteiger partial charge in [0.25, 0.3) is 5.91 Å². The van der Waals surface area contributed by atoms with Crippen LogP contribution < -0.4 is 16.3 Å². The molecule has 0 spiro atoms. The van der Waals surface area contributed by atoms with Crippen molar-refractivity contribution in [2.45, 2.75) is 12.8 Å². The third-order valence-electron chi connectivity index (χ3n) is 4.14. The highest BCUT2D eigenvalue weighted by Crippen LogP contribution is 2.30. The number of carbonyl (C=O) groups excluding carboxylic acids is 2. The second-order valence-electron chi connectivity index (χ2n) is 6.13. The molecule has 0 radical (unpaired) electrons. The summed E-state index contributed by atoms with van der Waals surface area (Å²) in [4.78, 5) is 40.6. The molecule has 7 nitrogen and oxygen atoms in total. The van der Waals surface area contributed by atoms with Crippen LogP contribution in [0, 0.1) is 5.92 Å². The molecular weight excluding hydrogens is 320 g/mol. The molecule has 1 saturated carbocycles. The van der Waals surface area contributed by atoms with Crippen molar-refractivity contribution in [3.05, 3.63) is 58.5 Å². The van der Waals surface area contributed by atoms with E-state index in [1.54, 1.807) is 42.5 Å². The van der Waals surface area contributed by atoms with Crippen LogP contribution in [-0.4, -0.2) is 21.8 Å². The molecular formula is C18H16N4O3. The number of aromatic nitrogens is 2. The van der Waals surface area contributed by atoms with Gasteiger partial charge in [-0.1, -0.05) is 0 Å². The van der Waals surface area contributed by atoms with Crippen molar-refractivity contribution < 1.29 is 9.59 Å². The van der Waals surface area contributed by atoms with E-state index in [-0.39, 0.29) is 23.4 Å². The lowest BCUT2D eigenvalue weighted by Crippen LogP contribution is -2.14. The smallest absolute Gasteiger partial charge is 0.323 e. The Morgan fingerprint density at radius 3 is 2.28 bits per heavy atom. The maximum Gasteiger partial charge on any atom is 0.323 e. The Balaban J connectivity index is 1.45. The second-order valence-corrected chi connectivity index (χ2v) is 6.13. The van der Waals surface area contributed by atoms with Crippen molar-refractivity contribution in [1.82, 2.24) is 9.97 Å². The molecule has 0 unspecified atom stereocenters. The van der Waals surface area contributed by atoms with E-state index < -0.39 is 0 Å². The van der Waals surface area contributed by atoms with Gasteiger partial charge in [0.15, 0.2) is 0 Å². The summed E-state index contributed by atoms with van der Waals surface area (Å²) in [7, 11) is 0. The van der Waals surface area contributed by atoms with Gasteiger partial charge in [0, 0.05) is 22.9 Å². The molecule has 0 aliphatic heterocycles. The van der Waals surface area contributed by atoms with Crippen LogP contribution in [0.1, 0.15) is 23.2 Å². The largest absolute Gasteiger partial charge is 0.326 e. The lowest BCUT2D eigenvalue weighted by Gasteiger charge is -2.07. The van der Waals surface area contributed by atoms with Gasteiger partial charge in [-0.15, -0.1) is 0 Å². The Morgan fingerprint density at radius 2 is 1.56 bits per heavy atom. The number of H-pyrrole nitrogens is 2. The predicted molar refractivity (Wildman–Crippen MR) is 94.7 cm³/mol. The number of hydrogen-bond acceptors (Lipinski definition) is 3. The van der Waals surface area contributed by atoms with Crippen LogP contribution in [-0.2, 0) is 4.79 Å². The first kappa shape index (κ1) is 15.2. The summed E-state index contributed by atoms with van der Waals surface area (Å²) in [5.74, 6) is -0.0962. The van der Waals surface area contributed by atoms with E-state index in [4.69, 9.17) is 0 Å². The Bertz CT molecular complexity index is 1010. The quantitative estimate of drug-likeness (QED) is 0.588. The number of aromatic amines is 2. The predicted octanol–water partition coefficient (Wildman–Crippen LogP) is 2.46. The molecule has 1 aromatic heterocycles. The summed E-state index contributed by atoms with van der Waals surface area (Å²) in [6.07, 6.45) is 1.89. The number of carbonyl (C=O) groups is 2. The van der Waals surface area contributed by atoms with Crippen molar-refractivity contribution in [2.75, 3.05) is 10.6 Å². The average Bonchev–Trinajstić information content (AvgIpc) is 3.37. The molecule has 0 atom stereocenters. The minimum atomic E-state index is -0.290. The van der Waals surface area contributed by atoms with Crippen molar-refractivity contribution in [3.8, 4) is 0 Å². The van der Waals surface area contributed by atoms with Gasteiger partial charge in [0.2, 0.25) is 5.91 Å². The zero-order chi connectivity index (χ0) is 17.4. The van der Waals surface area contributed by atoms with Crippen molar-refractivity contribution in [1.29, 1.82) is 0 Å². The number of nitrogens with one attached hydrogen (secondary N) is 4. The zero-order valence-corrected chi connectivity index (χ0v) is 13.3. The number of hydrogen-bond donors (Lipinski definition) is 4. The van der Waals surface area contributed by atoms with Gasteiger partial charge in [0.1, 0.15) is 0 Å². The van der Waals surface area contributed by atoms with Gasteiger partial charge < -0.3 is 20.6 Å². The molecule has 4 rings (SSSR count). The lowest BCUT2D eigenvalue weighted by atomic mass is 10.2. The summed E-state index contributed by atoms with van der Waals surface area (Å²) in [6.45, 7) is 0. The number of imidazole rings is 1. The van der Waals surface area contributed by atoms with Crippen molar-refractivity contribution >= 4 is 34.2 Å². The van der Waals surface area contributed by atoms with E-state index in [1.165, 1.54) is 0 Å². The van der Waals surface area contributed by atoms with E-state index in [2.05, 4.69) is 20.6 Å². The highest BCUT2D eigenvalue weighted by molar-refractivity contribution is 6.05. The number of rotatable bonds is 4. The highest BCUT2D eigenvalue weighted by Gasteiger charge is 2.29. The van der Waals surface area contributed by atoms with Gasteiger partial charge in [-0.3, -0.25) is 9.59 Å². The van der Waals surface area contributed by atoms with Gasteiger partial charge in [-0.25, -0.2) is 4.79 Å². The van der Waals surface area contributed by atoms with Crippen LogP contribution in [0.4, 0.5) is 11.4 Å². The SMILES string of the molecule is O=C(Nc1ccc2[nH]c(=O)[nH]c2c1)c1ccc(NC(=O)C2CC2)cc1. The molecule has 126 valence electrons. The van der Waals surface area contributed by atoms with E-state index in [0.717, 1.165) is 12.8 Å². The van der Waals surface area contributed by atoms with Crippen molar-refractivity contribution in [3.63, 3.8) is 0 Å². The Morgan fingerprint density at radius 1 is 0.880 bits per heavy atom. The van der Waals surface area contributed by atoms with E-state index in [1.807, 2.05) is 0 Å². The highest BCUT2D eigenvalue weighted by atomic mass is 16.2. The molecule has 7 heteroatoms. The van der Waals surface area contributed by atoms with Crippen LogP contribution in [0.2, 0.25) is 0 Å². The first-order chi connectivity index (χ1) is 12.1. The molecule has 3 aromatic rings. The third-order valence-corrected chi connectivity index (χ3v) is 4.14. The van der Waals surface area contributed by atoms with Crippen LogP contribution in [0.25, 0.3) is 11.0 Å². The molecule has 2 amide bonds. The van der Waals surface area contributed by atoms with Gasteiger partial charge in [-0.2, -0.15) is 0 Å². The second kappa shape index (κ2) is 5.94. The van der Waals surface area contributed by atoms with E-state index in [0.29, 0.717) is 28.0 Å². The summed E-state index contributed by atoms with van der Waals surface area (Å²) >= 11 is 0. The summed E-state index contributed by atoms with van der Waals surface area (Å²) in [5.41, 5.74) is 2.76. The van der Waals surface area contributed by atoms with Crippen molar-refractivity contribution in [2.24, 2.45) is 5.92 Å². The van der Waals surface area contributed by atoms with E-state index in [9.17, 15) is 14.4 Å². The average molecular weight is 336 g/mol. The van der Waals surface area contributed by atoms with Gasteiger partial charge in [0.05, 0.1) is 11.0 Å². The minimum absolute atomic E-state index is 0.0333. The van der Waals surface area contributed by atoms with E-state index >= 15 is 0 Å². The molecule has 4 N–H and O–H groups in total. The third kappa shape index (κ3) is 3.30. The number of amides is 2. The molecule has 0 saturated heterocycles. The minimum Gasteiger partial charge on any atom is -0.326 e. The fourth-order valence-electron chi connectivity index (χ4n) is 2.61. The number of fused-ring (bicyclic) bond motifs is 1. The Kier molecular flexibility index (Phi) is 3.61. The summed E-state index contributed by atoms with van der Waals surface area (Å²) in [6, 6.07) is 11.9. The van der Waals surface area contributed by atoms with Crippen LogP contribution in [0.15, 0.2) is 47.3 Å². The van der Waals surface area contributed by atoms with Crippen LogP contribution in [0.5, 0.6) is 0 Å². The Labute approximate surface area is 142 Å². The topological polar surface area (TPSA) is 107 Å². The molecule has 0 bridgehead atoms. The molecule has 2 aromatic carbocycles. The van der Waals surface area contributed by atoms with Crippen LogP contribution >= 0.6 is 0 Å². The number of benzene rings is 2. The zero-order valence-electron chi connectivity index (χ0n) is 13.3. The Hall–Kier alpha value is -3.35. The van der Waals surface area contributed by atoms with Gasteiger partial charge >= 0.3 is 5.69 Å². The number of anilines is 2.